The Bertz CT molecular complexity index is 1040. The van der Waals surface area contributed by atoms with Crippen LogP contribution < -0.4 is 20.1 Å². The molecule has 10 heteroatoms. The quantitative estimate of drug-likeness (QED) is 0.635. The van der Waals surface area contributed by atoms with Crippen LogP contribution in [-0.4, -0.2) is 66.6 Å². The lowest BCUT2D eigenvalue weighted by Gasteiger charge is -2.34. The molecule has 156 valence electrons. The van der Waals surface area contributed by atoms with Gasteiger partial charge in [-0.1, -0.05) is 11.3 Å². The monoisotopic (exact) mass is 427 g/mol. The van der Waals surface area contributed by atoms with Crippen LogP contribution in [0.25, 0.3) is 10.3 Å². The fourth-order valence-electron chi connectivity index (χ4n) is 3.25. The molecule has 0 spiro atoms. The lowest BCUT2D eigenvalue weighted by atomic mass is 10.1. The minimum atomic E-state index is -0.584. The number of amides is 2. The summed E-state index contributed by atoms with van der Waals surface area (Å²) in [5, 5.41) is 0.924. The van der Waals surface area contributed by atoms with Gasteiger partial charge in [0.05, 0.1) is 7.11 Å². The fraction of sp³-hybridized carbons (Fsp3) is 0.300. The molecule has 0 atom stereocenters. The summed E-state index contributed by atoms with van der Waals surface area (Å²) in [5.74, 6) is 0.0733. The lowest BCUT2D eigenvalue weighted by Crippen LogP contribution is -2.48. The molecule has 1 aromatic carbocycles. The number of carbonyl (C=O) groups is 2. The lowest BCUT2D eigenvalue weighted by molar-refractivity contribution is -0.119. The molecule has 1 fully saturated rings. The second kappa shape index (κ2) is 8.54. The number of fused-ring (bicyclic) bond motifs is 1. The number of carbonyl (C=O) groups excluding carboxylic acids is 2. The van der Waals surface area contributed by atoms with Gasteiger partial charge in [-0.15, -0.1) is 0 Å². The number of anilines is 1. The third-order valence-corrected chi connectivity index (χ3v) is 5.81. The molecule has 1 aliphatic heterocycles. The summed E-state index contributed by atoms with van der Waals surface area (Å²) in [6, 6.07) is 8.71. The Morgan fingerprint density at radius 1 is 1.17 bits per heavy atom. The van der Waals surface area contributed by atoms with E-state index in [9.17, 15) is 9.59 Å². The normalized spacial score (nSPS) is 14.0. The maximum Gasteiger partial charge on any atom is 0.255 e. The molecule has 0 saturated carbocycles. The van der Waals surface area contributed by atoms with Crippen molar-refractivity contribution in [2.24, 2.45) is 5.73 Å². The number of piperazine rings is 1. The average molecular weight is 427 g/mol. The summed E-state index contributed by atoms with van der Waals surface area (Å²) < 4.78 is 10.6. The molecule has 30 heavy (non-hydrogen) atoms. The van der Waals surface area contributed by atoms with Crippen molar-refractivity contribution in [2.75, 3.05) is 44.8 Å². The Morgan fingerprint density at radius 3 is 2.67 bits per heavy atom. The second-order valence-electron chi connectivity index (χ2n) is 6.72. The average Bonchev–Trinajstić information content (AvgIpc) is 3.21. The molecular formula is C20H21N5O4S. The van der Waals surface area contributed by atoms with Gasteiger partial charge in [-0.25, -0.2) is 9.97 Å². The number of thiazole rings is 1. The van der Waals surface area contributed by atoms with Gasteiger partial charge < -0.3 is 25.0 Å². The van der Waals surface area contributed by atoms with Crippen molar-refractivity contribution in [1.29, 1.82) is 0 Å². The number of nitrogens with zero attached hydrogens (tertiary/aromatic N) is 4. The third-order valence-electron chi connectivity index (χ3n) is 4.77. The molecule has 0 aliphatic carbocycles. The van der Waals surface area contributed by atoms with Gasteiger partial charge in [0.15, 0.2) is 23.2 Å². The van der Waals surface area contributed by atoms with E-state index in [1.807, 2.05) is 12.1 Å². The number of pyridine rings is 1. The summed E-state index contributed by atoms with van der Waals surface area (Å²) in [5.41, 5.74) is 6.49. The molecule has 2 N–H and O–H groups in total. The van der Waals surface area contributed by atoms with Gasteiger partial charge in [-0.05, 0) is 30.3 Å². The van der Waals surface area contributed by atoms with E-state index in [-0.39, 0.29) is 12.5 Å². The summed E-state index contributed by atoms with van der Waals surface area (Å²) in [4.78, 5) is 37.7. The highest BCUT2D eigenvalue weighted by atomic mass is 32.1. The van der Waals surface area contributed by atoms with E-state index in [2.05, 4.69) is 14.9 Å². The summed E-state index contributed by atoms with van der Waals surface area (Å²) in [6.07, 6.45) is 1.76. The van der Waals surface area contributed by atoms with Crippen molar-refractivity contribution in [3.8, 4) is 11.5 Å². The van der Waals surface area contributed by atoms with Crippen LogP contribution in [0.3, 0.4) is 0 Å². The summed E-state index contributed by atoms with van der Waals surface area (Å²) >= 11 is 1.56. The molecule has 4 rings (SSSR count). The maximum atomic E-state index is 12.9. The van der Waals surface area contributed by atoms with Gasteiger partial charge in [0, 0.05) is 37.9 Å². The molecule has 1 saturated heterocycles. The number of benzene rings is 1. The number of aromatic nitrogens is 2. The highest BCUT2D eigenvalue weighted by molar-refractivity contribution is 7.21. The Hall–Kier alpha value is -3.40. The van der Waals surface area contributed by atoms with E-state index < -0.39 is 5.91 Å². The van der Waals surface area contributed by atoms with Crippen LogP contribution in [0.15, 0.2) is 36.5 Å². The van der Waals surface area contributed by atoms with Crippen LogP contribution in [0.5, 0.6) is 11.5 Å². The maximum absolute atomic E-state index is 12.9. The van der Waals surface area contributed by atoms with Crippen LogP contribution in [0.1, 0.15) is 10.4 Å². The smallest absolute Gasteiger partial charge is 0.255 e. The van der Waals surface area contributed by atoms with E-state index in [4.69, 9.17) is 15.2 Å². The van der Waals surface area contributed by atoms with Crippen molar-refractivity contribution in [3.05, 3.63) is 42.1 Å². The van der Waals surface area contributed by atoms with Gasteiger partial charge in [-0.2, -0.15) is 0 Å². The first-order chi connectivity index (χ1) is 14.5. The molecule has 9 nitrogen and oxygen atoms in total. The number of hydrogen-bond donors (Lipinski definition) is 1. The topological polar surface area (TPSA) is 111 Å². The molecule has 2 aromatic heterocycles. The Labute approximate surface area is 177 Å². The zero-order chi connectivity index (χ0) is 21.1. The van der Waals surface area contributed by atoms with Crippen molar-refractivity contribution in [3.63, 3.8) is 0 Å². The van der Waals surface area contributed by atoms with Gasteiger partial charge in [0.25, 0.3) is 11.8 Å². The van der Waals surface area contributed by atoms with Crippen LogP contribution in [0.2, 0.25) is 0 Å². The van der Waals surface area contributed by atoms with E-state index in [0.29, 0.717) is 43.2 Å². The zero-order valence-corrected chi connectivity index (χ0v) is 17.2. The number of primary amides is 1. The van der Waals surface area contributed by atoms with Crippen molar-refractivity contribution in [1.82, 2.24) is 14.9 Å². The molecule has 0 unspecified atom stereocenters. The van der Waals surface area contributed by atoms with E-state index in [0.717, 1.165) is 15.5 Å². The van der Waals surface area contributed by atoms with Crippen LogP contribution >= 0.6 is 11.3 Å². The molecule has 0 bridgehead atoms. The van der Waals surface area contributed by atoms with Crippen LogP contribution in [-0.2, 0) is 4.79 Å². The van der Waals surface area contributed by atoms with Gasteiger partial charge in [-0.3, -0.25) is 9.59 Å². The van der Waals surface area contributed by atoms with E-state index in [1.165, 1.54) is 7.11 Å². The Morgan fingerprint density at radius 2 is 1.97 bits per heavy atom. The first kappa shape index (κ1) is 19.9. The SMILES string of the molecule is COc1cc(C(=O)N2CCN(c3nc4cccnc4s3)CC2)ccc1OCC(N)=O. The van der Waals surface area contributed by atoms with Gasteiger partial charge in [0.1, 0.15) is 10.3 Å². The van der Waals surface area contributed by atoms with Crippen LogP contribution in [0.4, 0.5) is 5.13 Å². The minimum Gasteiger partial charge on any atom is -0.493 e. The molecule has 3 aromatic rings. The molecule has 2 amide bonds. The van der Waals surface area contributed by atoms with Crippen molar-refractivity contribution >= 4 is 38.6 Å². The van der Waals surface area contributed by atoms with Crippen molar-refractivity contribution in [2.45, 2.75) is 0 Å². The molecule has 1 aliphatic rings. The first-order valence-corrected chi connectivity index (χ1v) is 10.2. The van der Waals surface area contributed by atoms with E-state index >= 15 is 0 Å². The van der Waals surface area contributed by atoms with Crippen molar-refractivity contribution < 1.29 is 19.1 Å². The van der Waals surface area contributed by atoms with E-state index in [1.54, 1.807) is 40.6 Å². The minimum absolute atomic E-state index is 0.0830. The highest BCUT2D eigenvalue weighted by Gasteiger charge is 2.25. The zero-order valence-electron chi connectivity index (χ0n) is 16.4. The summed E-state index contributed by atoms with van der Waals surface area (Å²) in [6.45, 7) is 2.31. The first-order valence-electron chi connectivity index (χ1n) is 9.40. The number of nitrogens with two attached hydrogens (primary N) is 1. The Kier molecular flexibility index (Phi) is 5.66. The number of hydrogen-bond acceptors (Lipinski definition) is 8. The third kappa shape index (κ3) is 4.13. The highest BCUT2D eigenvalue weighted by Crippen LogP contribution is 2.30. The largest absolute Gasteiger partial charge is 0.493 e. The molecular weight excluding hydrogens is 406 g/mol. The standard InChI is InChI=1S/C20H21N5O4S/c1-28-16-11-13(4-5-15(16)29-12-17(21)26)19(27)24-7-9-25(10-8-24)20-23-14-3-2-6-22-18(14)30-20/h2-6,11H,7-10,12H2,1H3,(H2,21,26). The second-order valence-corrected chi connectivity index (χ2v) is 7.68. The predicted molar refractivity (Wildman–Crippen MR) is 113 cm³/mol. The molecule has 3 heterocycles. The van der Waals surface area contributed by atoms with Gasteiger partial charge >= 0.3 is 0 Å². The number of ether oxygens (including phenoxy) is 2. The van der Waals surface area contributed by atoms with Crippen LogP contribution in [0, 0.1) is 0 Å². The Balaban J connectivity index is 1.41. The number of rotatable bonds is 6. The number of methoxy groups -OCH3 is 1. The van der Waals surface area contributed by atoms with Gasteiger partial charge in [0.2, 0.25) is 0 Å². The molecule has 0 radical (unpaired) electrons. The fourth-order valence-corrected chi connectivity index (χ4v) is 4.21. The predicted octanol–water partition coefficient (Wildman–Crippen LogP) is 1.53. The summed E-state index contributed by atoms with van der Waals surface area (Å²) in [7, 11) is 1.48.